The van der Waals surface area contributed by atoms with Crippen LogP contribution in [0.2, 0.25) is 0 Å². The molecule has 3 saturated carbocycles. The van der Waals surface area contributed by atoms with Crippen LogP contribution < -0.4 is 24.8 Å². The van der Waals surface area contributed by atoms with E-state index in [1.807, 2.05) is 39.0 Å². The zero-order chi connectivity index (χ0) is 40.7. The minimum Gasteiger partial charge on any atom is -0.497 e. The number of hydrogen-bond acceptors (Lipinski definition) is 10. The predicted molar refractivity (Wildman–Crippen MR) is 210 cm³/mol. The van der Waals surface area contributed by atoms with Crippen molar-refractivity contribution in [3.05, 3.63) is 43.1 Å². The Balaban J connectivity index is 1.27. The molecular formula is C41H57N5O9S. The van der Waals surface area contributed by atoms with Gasteiger partial charge in [0.05, 0.1) is 18.9 Å². The second-order valence-corrected chi connectivity index (χ2v) is 19.5. The van der Waals surface area contributed by atoms with E-state index in [2.05, 4.69) is 47.7 Å². The summed E-state index contributed by atoms with van der Waals surface area (Å²) in [6.45, 7) is 15.6. The molecule has 14 nitrogen and oxygen atoms in total. The summed E-state index contributed by atoms with van der Waals surface area (Å²) in [4.78, 5) is 62.2. The first-order valence-electron chi connectivity index (χ1n) is 19.7. The molecule has 0 spiro atoms. The maximum Gasteiger partial charge on any atom is 0.408 e. The summed E-state index contributed by atoms with van der Waals surface area (Å²) < 4.78 is 45.5. The number of amides is 4. The Morgan fingerprint density at radius 2 is 1.80 bits per heavy atom. The molecule has 2 aromatic rings. The number of hydrogen-bond donors (Lipinski definition) is 3. The van der Waals surface area contributed by atoms with Gasteiger partial charge in [0.2, 0.25) is 27.7 Å². The van der Waals surface area contributed by atoms with Crippen LogP contribution in [0.1, 0.15) is 86.5 Å². The quantitative estimate of drug-likeness (QED) is 0.237. The third kappa shape index (κ3) is 8.77. The number of nitrogens with zero attached hydrogens (tertiary/aromatic N) is 2. The number of carbonyl (C=O) groups is 4. The number of nitrogens with one attached hydrogen (secondary N) is 3. The highest BCUT2D eigenvalue weighted by Gasteiger charge is 2.62. The highest BCUT2D eigenvalue weighted by atomic mass is 32.2. The maximum atomic E-state index is 14.8. The average molecular weight is 796 g/mol. The Bertz CT molecular complexity index is 1960. The number of methoxy groups -OCH3 is 1. The molecule has 306 valence electrons. The molecule has 3 N–H and O–H groups in total. The van der Waals surface area contributed by atoms with Gasteiger partial charge >= 0.3 is 6.09 Å². The van der Waals surface area contributed by atoms with Crippen molar-refractivity contribution in [2.75, 3.05) is 13.7 Å². The van der Waals surface area contributed by atoms with Gasteiger partial charge in [0.25, 0.3) is 5.91 Å². The summed E-state index contributed by atoms with van der Waals surface area (Å²) in [7, 11) is -2.33. The van der Waals surface area contributed by atoms with E-state index in [1.165, 1.54) is 11.0 Å². The molecule has 3 aliphatic carbocycles. The fourth-order valence-corrected chi connectivity index (χ4v) is 9.62. The average Bonchev–Trinajstić information content (AvgIpc) is 4.06. The number of aromatic nitrogens is 1. The molecule has 4 fully saturated rings. The third-order valence-electron chi connectivity index (χ3n) is 11.9. The standard InChI is InChI=1S/C41H57N5O9S/c1-9-26-21-41(26,38(49)45-56(51,52)29-12-13-29)44-35(47)32-20-28(54-36-31-15-11-27(53-8)19-25(31)16-17-42-36)22-46(32)37(48)34(40(5,6)7)43-39(50)55-33-18-24(4)10-14-30(33)23(2)3/h9,11,15-17,19,23-24,26,28-30,32-34H,1,10,12-14,18,20-22H2,2-8H3,(H,43,50)(H,44,47)(H,45,49)/t24-,26-,28?,30+,32+,33-,34-,41-/m1/s1. The van der Waals surface area contributed by atoms with Gasteiger partial charge in [-0.2, -0.15) is 0 Å². The molecule has 1 aromatic carbocycles. The molecule has 1 unspecified atom stereocenters. The number of ether oxygens (including phenoxy) is 3. The highest BCUT2D eigenvalue weighted by molar-refractivity contribution is 7.91. The molecule has 8 atom stereocenters. The number of benzene rings is 1. The zero-order valence-corrected chi connectivity index (χ0v) is 34.3. The molecule has 4 aliphatic rings. The first-order chi connectivity index (χ1) is 26.4. The summed E-state index contributed by atoms with van der Waals surface area (Å²) in [6.07, 6.45) is 5.22. The first kappa shape index (κ1) is 41.2. The van der Waals surface area contributed by atoms with E-state index in [-0.39, 0.29) is 31.4 Å². The fraction of sp³-hybridized carbons (Fsp3) is 0.634. The molecule has 1 aromatic heterocycles. The summed E-state index contributed by atoms with van der Waals surface area (Å²) >= 11 is 0. The molecule has 2 heterocycles. The Labute approximate surface area is 329 Å². The smallest absolute Gasteiger partial charge is 0.408 e. The molecule has 6 rings (SSSR count). The summed E-state index contributed by atoms with van der Waals surface area (Å²) in [5.41, 5.74) is -2.37. The van der Waals surface area contributed by atoms with Gasteiger partial charge in [0, 0.05) is 23.9 Å². The number of rotatable bonds is 13. The minimum absolute atomic E-state index is 0.0277. The van der Waals surface area contributed by atoms with Crippen LogP contribution in [-0.2, 0) is 29.1 Å². The van der Waals surface area contributed by atoms with E-state index in [0.29, 0.717) is 41.7 Å². The van der Waals surface area contributed by atoms with Crippen LogP contribution in [0.5, 0.6) is 11.6 Å². The van der Waals surface area contributed by atoms with E-state index in [0.717, 1.165) is 24.6 Å². The summed E-state index contributed by atoms with van der Waals surface area (Å²) in [6, 6.07) is 5.02. The number of sulfonamides is 1. The highest BCUT2D eigenvalue weighted by Crippen LogP contribution is 2.46. The van der Waals surface area contributed by atoms with Crippen LogP contribution in [0.15, 0.2) is 43.1 Å². The van der Waals surface area contributed by atoms with Gasteiger partial charge in [-0.3, -0.25) is 19.1 Å². The summed E-state index contributed by atoms with van der Waals surface area (Å²) in [5.74, 6) is -0.689. The van der Waals surface area contributed by atoms with E-state index in [4.69, 9.17) is 14.2 Å². The third-order valence-corrected chi connectivity index (χ3v) is 13.7. The second kappa shape index (κ2) is 15.9. The van der Waals surface area contributed by atoms with Crippen molar-refractivity contribution in [3.63, 3.8) is 0 Å². The largest absolute Gasteiger partial charge is 0.497 e. The maximum absolute atomic E-state index is 14.8. The van der Waals surface area contributed by atoms with Gasteiger partial charge < -0.3 is 29.7 Å². The zero-order valence-electron chi connectivity index (χ0n) is 33.5. The Morgan fingerprint density at radius 3 is 2.43 bits per heavy atom. The van der Waals surface area contributed by atoms with Crippen molar-refractivity contribution >= 4 is 44.6 Å². The monoisotopic (exact) mass is 795 g/mol. The lowest BCUT2D eigenvalue weighted by molar-refractivity contribution is -0.143. The van der Waals surface area contributed by atoms with E-state index >= 15 is 0 Å². The SMILES string of the molecule is C=C[C@@H]1C[C@]1(NC(=O)[C@@H]1CC(Oc2nccc3cc(OC)ccc23)CN1C(=O)[C@@H](NC(=O)O[C@@H]1C[C@H](C)CC[C@H]1C(C)C)C(C)(C)C)C(=O)NS(=O)(=O)C1CC1. The molecule has 15 heteroatoms. The van der Waals surface area contributed by atoms with Gasteiger partial charge in [-0.15, -0.1) is 6.58 Å². The van der Waals surface area contributed by atoms with Gasteiger partial charge in [-0.1, -0.05) is 54.0 Å². The topological polar surface area (TPSA) is 182 Å². The van der Waals surface area contributed by atoms with Gasteiger partial charge in [-0.05, 0) is 84.9 Å². The molecule has 56 heavy (non-hydrogen) atoms. The van der Waals surface area contributed by atoms with Crippen LogP contribution in [-0.4, -0.2) is 90.9 Å². The van der Waals surface area contributed by atoms with Crippen molar-refractivity contribution in [1.29, 1.82) is 0 Å². The van der Waals surface area contributed by atoms with Crippen molar-refractivity contribution in [2.24, 2.45) is 29.1 Å². The lowest BCUT2D eigenvalue weighted by Gasteiger charge is -2.38. The number of pyridine rings is 1. The van der Waals surface area contributed by atoms with E-state index < -0.39 is 74.1 Å². The molecular weight excluding hydrogens is 739 g/mol. The molecule has 1 saturated heterocycles. The van der Waals surface area contributed by atoms with Crippen LogP contribution in [0.4, 0.5) is 4.79 Å². The lowest BCUT2D eigenvalue weighted by Crippen LogP contribution is -2.60. The minimum atomic E-state index is -3.90. The molecule has 0 bridgehead atoms. The Hall–Kier alpha value is -4.40. The van der Waals surface area contributed by atoms with E-state index in [1.54, 1.807) is 19.4 Å². The van der Waals surface area contributed by atoms with Crippen LogP contribution in [0.25, 0.3) is 10.8 Å². The number of alkyl carbamates (subject to hydrolysis) is 1. The van der Waals surface area contributed by atoms with Crippen molar-refractivity contribution < 1.29 is 41.8 Å². The molecule has 4 amide bonds. The number of likely N-dealkylation sites (tertiary alicyclic amines) is 1. The first-order valence-corrected chi connectivity index (χ1v) is 21.3. The van der Waals surface area contributed by atoms with E-state index in [9.17, 15) is 27.6 Å². The molecule has 1 aliphatic heterocycles. The fourth-order valence-electron chi connectivity index (χ4n) is 8.26. The normalized spacial score (nSPS) is 28.2. The van der Waals surface area contributed by atoms with Gasteiger partial charge in [0.1, 0.15) is 35.6 Å². The number of carbonyl (C=O) groups excluding carboxylic acids is 4. The van der Waals surface area contributed by atoms with Crippen LogP contribution in [0.3, 0.4) is 0 Å². The lowest BCUT2D eigenvalue weighted by atomic mass is 9.75. The van der Waals surface area contributed by atoms with Crippen molar-refractivity contribution in [2.45, 2.75) is 122 Å². The molecule has 0 radical (unpaired) electrons. The second-order valence-electron chi connectivity index (χ2n) is 17.6. The van der Waals surface area contributed by atoms with Gasteiger partial charge in [-0.25, -0.2) is 18.2 Å². The summed E-state index contributed by atoms with van der Waals surface area (Å²) in [5, 5.41) is 6.55. The Kier molecular flexibility index (Phi) is 11.7. The van der Waals surface area contributed by atoms with Crippen molar-refractivity contribution in [3.8, 4) is 11.6 Å². The number of fused-ring (bicyclic) bond motifs is 1. The van der Waals surface area contributed by atoms with Crippen LogP contribution in [0, 0.1) is 29.1 Å². The van der Waals surface area contributed by atoms with Crippen molar-refractivity contribution in [1.82, 2.24) is 25.2 Å². The van der Waals surface area contributed by atoms with Gasteiger partial charge in [0.15, 0.2) is 0 Å². The van der Waals surface area contributed by atoms with Crippen LogP contribution >= 0.6 is 0 Å². The Morgan fingerprint density at radius 1 is 1.07 bits per heavy atom. The predicted octanol–water partition coefficient (Wildman–Crippen LogP) is 4.86.